The molecule has 0 bridgehead atoms. The monoisotopic (exact) mass is 469 g/mol. The Bertz CT molecular complexity index is 952. The van der Waals surface area contributed by atoms with Crippen LogP contribution < -0.4 is 14.8 Å². The fourth-order valence-corrected chi connectivity index (χ4v) is 3.38. The molecule has 0 spiro atoms. The molecular weight excluding hydrogens is 448 g/mol. The van der Waals surface area contributed by atoms with E-state index in [-0.39, 0.29) is 18.2 Å². The zero-order valence-electron chi connectivity index (χ0n) is 16.5. The number of halogens is 4. The summed E-state index contributed by atoms with van der Waals surface area (Å²) in [6, 6.07) is 17.8. The van der Waals surface area contributed by atoms with Crippen molar-refractivity contribution in [3.63, 3.8) is 0 Å². The van der Waals surface area contributed by atoms with Crippen LogP contribution >= 0.6 is 35.6 Å². The van der Waals surface area contributed by atoms with Crippen LogP contribution in [0.4, 0.5) is 4.39 Å². The van der Waals surface area contributed by atoms with Crippen molar-refractivity contribution in [2.24, 2.45) is 0 Å². The van der Waals surface area contributed by atoms with E-state index in [1.54, 1.807) is 19.2 Å². The van der Waals surface area contributed by atoms with E-state index in [1.807, 2.05) is 36.4 Å². The van der Waals surface area contributed by atoms with Crippen molar-refractivity contribution in [2.45, 2.75) is 19.6 Å². The second-order valence-corrected chi connectivity index (χ2v) is 7.36. The molecule has 160 valence electrons. The maximum Gasteiger partial charge on any atom is 0.180 e. The molecule has 30 heavy (non-hydrogen) atoms. The molecule has 0 saturated carbocycles. The fourth-order valence-electron chi connectivity index (χ4n) is 2.90. The lowest BCUT2D eigenvalue weighted by molar-refractivity contribution is 0.284. The van der Waals surface area contributed by atoms with E-state index in [4.69, 9.17) is 32.7 Å². The number of hydrogen-bond donors (Lipinski definition) is 1. The second kappa shape index (κ2) is 12.0. The normalized spacial score (nSPS) is 10.4. The minimum atomic E-state index is -0.222. The van der Waals surface area contributed by atoms with E-state index >= 15 is 0 Å². The van der Waals surface area contributed by atoms with Crippen LogP contribution in [0.15, 0.2) is 60.7 Å². The van der Waals surface area contributed by atoms with Crippen LogP contribution in [0.2, 0.25) is 10.0 Å². The quantitative estimate of drug-likeness (QED) is 0.363. The van der Waals surface area contributed by atoms with E-state index in [2.05, 4.69) is 5.32 Å². The van der Waals surface area contributed by atoms with Gasteiger partial charge in [-0.15, -0.1) is 12.4 Å². The fraction of sp³-hybridized carbons (Fsp3) is 0.217. The third-order valence-electron chi connectivity index (χ3n) is 4.45. The molecule has 0 aromatic heterocycles. The van der Waals surface area contributed by atoms with Crippen LogP contribution in [0.25, 0.3) is 0 Å². The molecule has 0 radical (unpaired) electrons. The van der Waals surface area contributed by atoms with Crippen molar-refractivity contribution in [1.29, 1.82) is 0 Å². The van der Waals surface area contributed by atoms with Crippen LogP contribution in [0.5, 0.6) is 11.5 Å². The van der Waals surface area contributed by atoms with E-state index in [0.717, 1.165) is 29.7 Å². The van der Waals surface area contributed by atoms with E-state index in [0.29, 0.717) is 34.7 Å². The van der Waals surface area contributed by atoms with Crippen molar-refractivity contribution in [3.8, 4) is 11.5 Å². The van der Waals surface area contributed by atoms with Crippen LogP contribution in [-0.4, -0.2) is 13.7 Å². The number of methoxy groups -OCH3 is 1. The summed E-state index contributed by atoms with van der Waals surface area (Å²) in [5.41, 5.74) is 2.94. The van der Waals surface area contributed by atoms with E-state index in [1.165, 1.54) is 12.1 Å². The smallest absolute Gasteiger partial charge is 0.180 e. The lowest BCUT2D eigenvalue weighted by atomic mass is 10.1. The summed E-state index contributed by atoms with van der Waals surface area (Å²) in [6.45, 7) is 1.68. The number of benzene rings is 3. The maximum atomic E-state index is 13.0. The number of ether oxygens (including phenoxy) is 2. The molecule has 0 atom stereocenters. The first-order chi connectivity index (χ1) is 14.1. The topological polar surface area (TPSA) is 30.5 Å². The van der Waals surface area contributed by atoms with E-state index in [9.17, 15) is 4.39 Å². The maximum absolute atomic E-state index is 13.0. The van der Waals surface area contributed by atoms with Gasteiger partial charge in [0.25, 0.3) is 0 Å². The number of nitrogens with one attached hydrogen (secondary N) is 1. The lowest BCUT2D eigenvalue weighted by Crippen LogP contribution is -2.16. The molecule has 0 saturated heterocycles. The zero-order valence-corrected chi connectivity index (χ0v) is 18.8. The highest BCUT2D eigenvalue weighted by molar-refractivity contribution is 6.32. The Kier molecular flexibility index (Phi) is 9.73. The Balaban J connectivity index is 0.00000320. The average molecular weight is 471 g/mol. The van der Waals surface area contributed by atoms with Gasteiger partial charge in [0, 0.05) is 17.1 Å². The van der Waals surface area contributed by atoms with Gasteiger partial charge in [0.15, 0.2) is 11.5 Å². The van der Waals surface area contributed by atoms with Crippen molar-refractivity contribution >= 4 is 35.6 Å². The lowest BCUT2D eigenvalue weighted by Gasteiger charge is -2.15. The third kappa shape index (κ3) is 6.78. The molecule has 0 amide bonds. The molecular formula is C23H23Cl3FNO2. The highest BCUT2D eigenvalue weighted by Gasteiger charge is 2.13. The van der Waals surface area contributed by atoms with Gasteiger partial charge >= 0.3 is 0 Å². The molecule has 3 nitrogen and oxygen atoms in total. The van der Waals surface area contributed by atoms with Crippen LogP contribution in [-0.2, 0) is 19.6 Å². The highest BCUT2D eigenvalue weighted by atomic mass is 35.5. The molecule has 3 aromatic rings. The molecule has 3 aromatic carbocycles. The summed E-state index contributed by atoms with van der Waals surface area (Å²) < 4.78 is 24.3. The Hall–Kier alpha value is -1.98. The van der Waals surface area contributed by atoms with Gasteiger partial charge in [0.2, 0.25) is 0 Å². The van der Waals surface area contributed by atoms with Crippen molar-refractivity contribution in [3.05, 3.63) is 93.2 Å². The van der Waals surface area contributed by atoms with Crippen molar-refractivity contribution < 1.29 is 13.9 Å². The molecule has 0 heterocycles. The van der Waals surface area contributed by atoms with Gasteiger partial charge in [-0.3, -0.25) is 0 Å². The van der Waals surface area contributed by atoms with Crippen LogP contribution in [0, 0.1) is 5.82 Å². The summed E-state index contributed by atoms with van der Waals surface area (Å²) >= 11 is 12.6. The molecule has 0 unspecified atom stereocenters. The molecule has 3 rings (SSSR count). The Morgan fingerprint density at radius 2 is 1.67 bits per heavy atom. The summed E-state index contributed by atoms with van der Waals surface area (Å²) in [6.07, 6.45) is 0.810. The SMILES string of the molecule is COc1cc(CNCCc2ccc(F)cc2)cc(Cl)c1OCc1ccccc1Cl.Cl. The van der Waals surface area contributed by atoms with Gasteiger partial charge in [-0.05, 0) is 54.4 Å². The standard InChI is InChI=1S/C23H22Cl2FNO2.ClH/c1-28-22-13-17(14-27-11-10-16-6-8-19(26)9-7-16)12-21(25)23(22)29-15-18-4-2-3-5-20(18)24;/h2-9,12-13,27H,10-11,14-15H2,1H3;1H. The van der Waals surface area contributed by atoms with Gasteiger partial charge in [0.1, 0.15) is 12.4 Å². The molecule has 7 heteroatoms. The molecule has 0 fully saturated rings. The Labute approximate surface area is 192 Å². The van der Waals surface area contributed by atoms with Gasteiger partial charge in [-0.25, -0.2) is 4.39 Å². The number of rotatable bonds is 9. The predicted molar refractivity (Wildman–Crippen MR) is 123 cm³/mol. The van der Waals surface area contributed by atoms with E-state index < -0.39 is 0 Å². The largest absolute Gasteiger partial charge is 0.493 e. The van der Waals surface area contributed by atoms with Crippen molar-refractivity contribution in [2.75, 3.05) is 13.7 Å². The summed E-state index contributed by atoms with van der Waals surface area (Å²) in [4.78, 5) is 0. The van der Waals surface area contributed by atoms with Gasteiger partial charge in [0.05, 0.1) is 12.1 Å². The highest BCUT2D eigenvalue weighted by Crippen LogP contribution is 2.37. The summed E-state index contributed by atoms with van der Waals surface area (Å²) in [5, 5.41) is 4.48. The van der Waals surface area contributed by atoms with Crippen LogP contribution in [0.1, 0.15) is 16.7 Å². The Morgan fingerprint density at radius 1 is 0.933 bits per heavy atom. The third-order valence-corrected chi connectivity index (χ3v) is 5.10. The minimum Gasteiger partial charge on any atom is -0.493 e. The molecule has 0 aliphatic heterocycles. The minimum absolute atomic E-state index is 0. The number of hydrogen-bond acceptors (Lipinski definition) is 3. The van der Waals surface area contributed by atoms with Crippen LogP contribution in [0.3, 0.4) is 0 Å². The second-order valence-electron chi connectivity index (χ2n) is 6.54. The Morgan fingerprint density at radius 3 is 2.37 bits per heavy atom. The first kappa shape index (κ1) is 24.3. The summed E-state index contributed by atoms with van der Waals surface area (Å²) in [7, 11) is 1.58. The van der Waals surface area contributed by atoms with Gasteiger partial charge in [-0.1, -0.05) is 53.5 Å². The molecule has 0 aliphatic carbocycles. The molecule has 1 N–H and O–H groups in total. The van der Waals surface area contributed by atoms with Gasteiger partial charge < -0.3 is 14.8 Å². The first-order valence-electron chi connectivity index (χ1n) is 9.24. The zero-order chi connectivity index (χ0) is 20.6. The molecule has 0 aliphatic rings. The first-order valence-corrected chi connectivity index (χ1v) is 10.00. The van der Waals surface area contributed by atoms with Crippen molar-refractivity contribution in [1.82, 2.24) is 5.32 Å². The predicted octanol–water partition coefficient (Wildman–Crippen LogP) is 6.47. The summed E-state index contributed by atoms with van der Waals surface area (Å²) in [5.74, 6) is 0.837. The van der Waals surface area contributed by atoms with Gasteiger partial charge in [-0.2, -0.15) is 0 Å². The average Bonchev–Trinajstić information content (AvgIpc) is 2.72.